The van der Waals surface area contributed by atoms with E-state index in [0.717, 1.165) is 32.6 Å². The summed E-state index contributed by atoms with van der Waals surface area (Å²) in [7, 11) is 0. The van der Waals surface area contributed by atoms with E-state index in [1.165, 1.54) is 11.8 Å². The normalized spacial score (nSPS) is 12.4. The summed E-state index contributed by atoms with van der Waals surface area (Å²) in [5, 5.41) is 4.07. The number of carbonyl (C=O) groups is 1. The maximum absolute atomic E-state index is 13.1. The van der Waals surface area contributed by atoms with E-state index < -0.39 is 5.25 Å². The number of rotatable bonds is 9. The standard InChI is InChI=1S/C24H22BrClN2OS/c25-20-15-13-18(14-16-20)22(12-7-17-26)27-28-24(29)23(19-8-3-1-4-9-19)30-21-10-5-2-6-11-21/h1-6,8-11,13-16,23H,7,12,17H2,(H,28,29)/b27-22+. The molecule has 0 heterocycles. The maximum atomic E-state index is 13.1. The van der Waals surface area contributed by atoms with Crippen LogP contribution in [-0.2, 0) is 4.79 Å². The lowest BCUT2D eigenvalue weighted by Crippen LogP contribution is -2.25. The Labute approximate surface area is 195 Å². The van der Waals surface area contributed by atoms with Gasteiger partial charge in [0.2, 0.25) is 0 Å². The molecule has 0 saturated carbocycles. The first kappa shape index (κ1) is 22.6. The van der Waals surface area contributed by atoms with Crippen molar-refractivity contribution in [2.24, 2.45) is 5.10 Å². The molecule has 0 aliphatic rings. The van der Waals surface area contributed by atoms with Crippen molar-refractivity contribution >= 4 is 50.9 Å². The number of halogens is 2. The summed E-state index contributed by atoms with van der Waals surface area (Å²) in [6.45, 7) is 0. The van der Waals surface area contributed by atoms with Crippen molar-refractivity contribution in [3.8, 4) is 0 Å². The molecule has 0 aliphatic carbocycles. The van der Waals surface area contributed by atoms with Gasteiger partial charge in [0, 0.05) is 15.2 Å². The lowest BCUT2D eigenvalue weighted by atomic mass is 10.1. The summed E-state index contributed by atoms with van der Waals surface area (Å²) in [5.41, 5.74) is 5.51. The van der Waals surface area contributed by atoms with E-state index in [9.17, 15) is 4.79 Å². The van der Waals surface area contributed by atoms with Crippen molar-refractivity contribution in [3.63, 3.8) is 0 Å². The molecule has 1 N–H and O–H groups in total. The smallest absolute Gasteiger partial charge is 0.258 e. The molecule has 0 radical (unpaired) electrons. The van der Waals surface area contributed by atoms with Gasteiger partial charge in [0.25, 0.3) is 5.91 Å². The van der Waals surface area contributed by atoms with E-state index in [0.29, 0.717) is 12.3 Å². The van der Waals surface area contributed by atoms with Gasteiger partial charge in [0.1, 0.15) is 5.25 Å². The first-order chi connectivity index (χ1) is 14.7. The van der Waals surface area contributed by atoms with Crippen LogP contribution >= 0.6 is 39.3 Å². The summed E-state index contributed by atoms with van der Waals surface area (Å²) in [5.74, 6) is 0.385. The number of benzene rings is 3. The fourth-order valence-corrected chi connectivity index (χ4v) is 4.30. The minimum Gasteiger partial charge on any atom is -0.271 e. The monoisotopic (exact) mass is 500 g/mol. The van der Waals surface area contributed by atoms with Gasteiger partial charge in [-0.1, -0.05) is 76.6 Å². The van der Waals surface area contributed by atoms with Crippen LogP contribution in [0.3, 0.4) is 0 Å². The van der Waals surface area contributed by atoms with Gasteiger partial charge in [-0.3, -0.25) is 4.79 Å². The predicted molar refractivity (Wildman–Crippen MR) is 130 cm³/mol. The Morgan fingerprint density at radius 2 is 1.60 bits per heavy atom. The fraction of sp³-hybridized carbons (Fsp3) is 0.167. The van der Waals surface area contributed by atoms with Crippen LogP contribution in [0.5, 0.6) is 0 Å². The molecular formula is C24H22BrClN2OS. The van der Waals surface area contributed by atoms with Crippen LogP contribution in [0.1, 0.15) is 29.2 Å². The molecule has 1 amide bonds. The van der Waals surface area contributed by atoms with Crippen LogP contribution in [-0.4, -0.2) is 17.5 Å². The Morgan fingerprint density at radius 1 is 0.967 bits per heavy atom. The van der Waals surface area contributed by atoms with Crippen molar-refractivity contribution in [3.05, 3.63) is 101 Å². The molecule has 3 aromatic carbocycles. The lowest BCUT2D eigenvalue weighted by Gasteiger charge is -2.16. The molecule has 3 rings (SSSR count). The Balaban J connectivity index is 1.82. The van der Waals surface area contributed by atoms with Gasteiger partial charge in [-0.25, -0.2) is 5.43 Å². The zero-order valence-electron chi connectivity index (χ0n) is 16.3. The second-order valence-electron chi connectivity index (χ2n) is 6.56. The summed E-state index contributed by atoms with van der Waals surface area (Å²) in [4.78, 5) is 14.2. The second-order valence-corrected chi connectivity index (χ2v) is 9.03. The van der Waals surface area contributed by atoms with Gasteiger partial charge in [-0.15, -0.1) is 23.4 Å². The molecule has 154 valence electrons. The van der Waals surface area contributed by atoms with Gasteiger partial charge < -0.3 is 0 Å². The SMILES string of the molecule is O=C(N/N=C(\CCCCl)c1ccc(Br)cc1)C(Sc1ccccc1)c1ccccc1. The molecule has 0 spiro atoms. The zero-order valence-corrected chi connectivity index (χ0v) is 19.5. The van der Waals surface area contributed by atoms with Crippen LogP contribution < -0.4 is 5.43 Å². The molecule has 0 fully saturated rings. The van der Waals surface area contributed by atoms with E-state index in [4.69, 9.17) is 11.6 Å². The van der Waals surface area contributed by atoms with Gasteiger partial charge in [0.05, 0.1) is 5.71 Å². The van der Waals surface area contributed by atoms with Gasteiger partial charge in [0.15, 0.2) is 0 Å². The Kier molecular flexibility index (Phi) is 9.00. The minimum absolute atomic E-state index is 0.157. The highest BCUT2D eigenvalue weighted by Gasteiger charge is 2.22. The van der Waals surface area contributed by atoms with E-state index in [1.807, 2.05) is 84.9 Å². The van der Waals surface area contributed by atoms with Gasteiger partial charge >= 0.3 is 0 Å². The van der Waals surface area contributed by atoms with E-state index in [2.05, 4.69) is 26.5 Å². The number of nitrogens with one attached hydrogen (secondary N) is 1. The first-order valence-electron chi connectivity index (χ1n) is 9.62. The number of alkyl halides is 1. The number of hydrogen-bond acceptors (Lipinski definition) is 3. The quantitative estimate of drug-likeness (QED) is 0.151. The van der Waals surface area contributed by atoms with Crippen LogP contribution in [0.4, 0.5) is 0 Å². The van der Waals surface area contributed by atoms with Gasteiger partial charge in [-0.2, -0.15) is 5.10 Å². The van der Waals surface area contributed by atoms with Crippen LogP contribution in [0.15, 0.2) is 99.4 Å². The van der Waals surface area contributed by atoms with E-state index >= 15 is 0 Å². The third-order valence-corrected chi connectivity index (χ3v) is 6.43. The van der Waals surface area contributed by atoms with Gasteiger partial charge in [-0.05, 0) is 48.2 Å². The number of nitrogens with zero attached hydrogens (tertiary/aromatic N) is 1. The average molecular weight is 502 g/mol. The summed E-state index contributed by atoms with van der Waals surface area (Å²) >= 11 is 10.8. The third kappa shape index (κ3) is 6.73. The fourth-order valence-electron chi connectivity index (χ4n) is 2.86. The zero-order chi connectivity index (χ0) is 21.2. The van der Waals surface area contributed by atoms with Crippen molar-refractivity contribution < 1.29 is 4.79 Å². The Hall–Kier alpha value is -2.08. The number of hydrazone groups is 1. The number of carbonyl (C=O) groups excluding carboxylic acids is 1. The summed E-state index contributed by atoms with van der Waals surface area (Å²) in [6.07, 6.45) is 1.47. The molecule has 1 unspecified atom stereocenters. The van der Waals surface area contributed by atoms with E-state index in [1.54, 1.807) is 0 Å². The lowest BCUT2D eigenvalue weighted by molar-refractivity contribution is -0.120. The van der Waals surface area contributed by atoms with Crippen molar-refractivity contribution in [1.29, 1.82) is 0 Å². The van der Waals surface area contributed by atoms with Crippen LogP contribution in [0, 0.1) is 0 Å². The highest BCUT2D eigenvalue weighted by Crippen LogP contribution is 2.35. The number of thioether (sulfide) groups is 1. The molecular weight excluding hydrogens is 480 g/mol. The topological polar surface area (TPSA) is 41.5 Å². The van der Waals surface area contributed by atoms with Crippen molar-refractivity contribution in [2.45, 2.75) is 23.0 Å². The third-order valence-electron chi connectivity index (χ3n) is 4.36. The second kappa shape index (κ2) is 11.9. The van der Waals surface area contributed by atoms with Crippen molar-refractivity contribution in [1.82, 2.24) is 5.43 Å². The molecule has 6 heteroatoms. The largest absolute Gasteiger partial charge is 0.271 e. The molecule has 0 saturated heterocycles. The van der Waals surface area contributed by atoms with E-state index in [-0.39, 0.29) is 5.91 Å². The summed E-state index contributed by atoms with van der Waals surface area (Å²) < 4.78 is 0.996. The highest BCUT2D eigenvalue weighted by molar-refractivity contribution is 9.10. The van der Waals surface area contributed by atoms with Crippen molar-refractivity contribution in [2.75, 3.05) is 5.88 Å². The molecule has 0 bridgehead atoms. The van der Waals surface area contributed by atoms with Crippen LogP contribution in [0.25, 0.3) is 0 Å². The highest BCUT2D eigenvalue weighted by atomic mass is 79.9. The molecule has 0 aliphatic heterocycles. The Morgan fingerprint density at radius 3 is 2.23 bits per heavy atom. The average Bonchev–Trinajstić information content (AvgIpc) is 2.79. The molecule has 0 aromatic heterocycles. The molecule has 3 nitrogen and oxygen atoms in total. The minimum atomic E-state index is -0.406. The molecule has 1 atom stereocenters. The number of hydrogen-bond donors (Lipinski definition) is 1. The maximum Gasteiger partial charge on any atom is 0.258 e. The number of amides is 1. The van der Waals surface area contributed by atoms with Crippen LogP contribution in [0.2, 0.25) is 0 Å². The molecule has 30 heavy (non-hydrogen) atoms. The molecule has 3 aromatic rings. The predicted octanol–water partition coefficient (Wildman–Crippen LogP) is 6.82. The summed E-state index contributed by atoms with van der Waals surface area (Å²) in [6, 6.07) is 27.6. The first-order valence-corrected chi connectivity index (χ1v) is 11.8. The Bertz CT molecular complexity index is 966.